The van der Waals surface area contributed by atoms with Gasteiger partial charge in [-0.1, -0.05) is 37.6 Å². The number of quaternary nitrogens is 1. The number of hydrogen-bond acceptors (Lipinski definition) is 4. The Bertz CT molecular complexity index is 1080. The number of H-pyrrole nitrogens is 1. The van der Waals surface area contributed by atoms with Gasteiger partial charge in [0, 0.05) is 0 Å². The summed E-state index contributed by atoms with van der Waals surface area (Å²) in [7, 11) is 0. The lowest BCUT2D eigenvalue weighted by atomic mass is 10.2. The first-order valence-corrected chi connectivity index (χ1v) is 10.2. The van der Waals surface area contributed by atoms with Crippen LogP contribution >= 0.6 is 11.3 Å². The molecule has 0 aliphatic rings. The van der Waals surface area contributed by atoms with Crippen molar-refractivity contribution < 1.29 is 4.90 Å². The predicted molar refractivity (Wildman–Crippen MR) is 110 cm³/mol. The molecule has 2 aromatic carbocycles. The van der Waals surface area contributed by atoms with E-state index in [4.69, 9.17) is 4.98 Å². The zero-order valence-corrected chi connectivity index (χ0v) is 16.2. The minimum absolute atomic E-state index is 0.0644. The summed E-state index contributed by atoms with van der Waals surface area (Å²) >= 11 is 1.75. The molecule has 4 rings (SSSR count). The number of para-hydroxylation sites is 2. The van der Waals surface area contributed by atoms with Crippen molar-refractivity contribution in [1.82, 2.24) is 15.0 Å². The smallest absolute Gasteiger partial charge is 0.258 e. The first kappa shape index (κ1) is 17.8. The zero-order valence-electron chi connectivity index (χ0n) is 15.4. The van der Waals surface area contributed by atoms with Crippen LogP contribution in [0.25, 0.3) is 21.1 Å². The molecule has 0 fully saturated rings. The minimum Gasteiger partial charge on any atom is -0.323 e. The van der Waals surface area contributed by atoms with E-state index < -0.39 is 0 Å². The molecule has 0 bridgehead atoms. The second kappa shape index (κ2) is 7.98. The molecule has 1 atom stereocenters. The van der Waals surface area contributed by atoms with E-state index >= 15 is 0 Å². The van der Waals surface area contributed by atoms with Gasteiger partial charge in [0.1, 0.15) is 18.1 Å². The fourth-order valence-corrected chi connectivity index (χ4v) is 4.37. The summed E-state index contributed by atoms with van der Waals surface area (Å²) in [5.41, 5.74) is 1.75. The second-order valence-electron chi connectivity index (χ2n) is 6.81. The second-order valence-corrected chi connectivity index (χ2v) is 7.93. The van der Waals surface area contributed by atoms with Crippen LogP contribution in [0.15, 0.2) is 53.3 Å². The number of aromatic amines is 1. The SMILES string of the molecule is CCCC[NH+](Cc1nc2ccccc2c(=O)[nH]1)Cc1nc2ccccc2s1. The minimum atomic E-state index is -0.0644. The number of hydrogen-bond donors (Lipinski definition) is 2. The first-order chi connectivity index (χ1) is 13.2. The van der Waals surface area contributed by atoms with Gasteiger partial charge in [-0.15, -0.1) is 11.3 Å². The molecule has 0 aliphatic heterocycles. The van der Waals surface area contributed by atoms with Gasteiger partial charge < -0.3 is 9.88 Å². The Morgan fingerprint density at radius 1 is 1.00 bits per heavy atom. The highest BCUT2D eigenvalue weighted by Gasteiger charge is 2.16. The molecule has 1 unspecified atom stereocenters. The molecule has 4 aromatic rings. The standard InChI is InChI=1S/C21H22N4OS/c1-2-3-12-25(14-20-23-17-10-6-7-11-18(17)27-20)13-19-22-16-9-5-4-8-15(16)21(26)24-19/h4-11H,2-3,12-14H2,1H3,(H,22,24,26)/p+1. The molecule has 27 heavy (non-hydrogen) atoms. The third kappa shape index (κ3) is 4.07. The van der Waals surface area contributed by atoms with Crippen LogP contribution in [0.5, 0.6) is 0 Å². The van der Waals surface area contributed by atoms with E-state index in [0.717, 1.165) is 47.8 Å². The number of nitrogens with one attached hydrogen (secondary N) is 2. The van der Waals surface area contributed by atoms with Gasteiger partial charge in [-0.3, -0.25) is 4.79 Å². The monoisotopic (exact) mass is 379 g/mol. The van der Waals surface area contributed by atoms with Gasteiger partial charge in [-0.2, -0.15) is 0 Å². The van der Waals surface area contributed by atoms with E-state index in [9.17, 15) is 4.79 Å². The Morgan fingerprint density at radius 3 is 2.59 bits per heavy atom. The average Bonchev–Trinajstić information content (AvgIpc) is 3.08. The zero-order chi connectivity index (χ0) is 18.6. The number of benzene rings is 2. The van der Waals surface area contributed by atoms with Crippen molar-refractivity contribution in [3.05, 3.63) is 69.7 Å². The lowest BCUT2D eigenvalue weighted by Gasteiger charge is -2.17. The van der Waals surface area contributed by atoms with E-state index in [1.54, 1.807) is 11.3 Å². The van der Waals surface area contributed by atoms with Gasteiger partial charge in [0.15, 0.2) is 5.82 Å². The maximum absolute atomic E-state index is 12.4. The molecule has 2 heterocycles. The molecule has 0 amide bonds. The number of rotatable bonds is 7. The third-order valence-corrected chi connectivity index (χ3v) is 5.74. The van der Waals surface area contributed by atoms with Gasteiger partial charge in [-0.05, 0) is 30.7 Å². The van der Waals surface area contributed by atoms with Gasteiger partial charge in [0.05, 0.1) is 27.7 Å². The molecule has 0 saturated carbocycles. The molecule has 0 saturated heterocycles. The normalized spacial score (nSPS) is 12.6. The number of unbranched alkanes of at least 4 members (excludes halogenated alkanes) is 1. The van der Waals surface area contributed by atoms with Crippen molar-refractivity contribution in [3.63, 3.8) is 0 Å². The van der Waals surface area contributed by atoms with E-state index in [1.807, 2.05) is 30.3 Å². The molecule has 0 spiro atoms. The fraction of sp³-hybridized carbons (Fsp3) is 0.286. The Hall–Kier alpha value is -2.57. The first-order valence-electron chi connectivity index (χ1n) is 9.39. The van der Waals surface area contributed by atoms with Gasteiger partial charge in [0.25, 0.3) is 5.56 Å². The van der Waals surface area contributed by atoms with E-state index in [0.29, 0.717) is 11.9 Å². The Morgan fingerprint density at radius 2 is 1.78 bits per heavy atom. The molecule has 2 aromatic heterocycles. The number of thiazole rings is 1. The molecular formula is C21H23N4OS+. The maximum Gasteiger partial charge on any atom is 0.258 e. The summed E-state index contributed by atoms with van der Waals surface area (Å²) in [6.45, 7) is 4.76. The van der Waals surface area contributed by atoms with Crippen LogP contribution in [0.2, 0.25) is 0 Å². The van der Waals surface area contributed by atoms with Crippen LogP contribution < -0.4 is 10.5 Å². The summed E-state index contributed by atoms with van der Waals surface area (Å²) < 4.78 is 1.22. The van der Waals surface area contributed by atoms with Gasteiger partial charge in [-0.25, -0.2) is 9.97 Å². The molecule has 2 N–H and O–H groups in total. The van der Waals surface area contributed by atoms with Crippen LogP contribution in [0.3, 0.4) is 0 Å². The quantitative estimate of drug-likeness (QED) is 0.519. The fourth-order valence-electron chi connectivity index (χ4n) is 3.33. The van der Waals surface area contributed by atoms with Crippen molar-refractivity contribution >= 4 is 32.5 Å². The van der Waals surface area contributed by atoms with Crippen molar-refractivity contribution in [2.75, 3.05) is 6.54 Å². The molecule has 0 radical (unpaired) electrons. The lowest BCUT2D eigenvalue weighted by molar-refractivity contribution is -0.928. The van der Waals surface area contributed by atoms with Gasteiger partial charge >= 0.3 is 0 Å². The maximum atomic E-state index is 12.4. The number of aromatic nitrogens is 3. The lowest BCUT2D eigenvalue weighted by Crippen LogP contribution is -3.09. The Labute approximate surface area is 161 Å². The highest BCUT2D eigenvalue weighted by molar-refractivity contribution is 7.18. The van der Waals surface area contributed by atoms with Crippen LogP contribution in [-0.2, 0) is 13.1 Å². The topological polar surface area (TPSA) is 63.1 Å². The highest BCUT2D eigenvalue weighted by atomic mass is 32.1. The molecule has 0 aliphatic carbocycles. The van der Waals surface area contributed by atoms with E-state index in [1.165, 1.54) is 9.60 Å². The van der Waals surface area contributed by atoms with Crippen LogP contribution in [0.1, 0.15) is 30.6 Å². The Kier molecular flexibility index (Phi) is 5.27. The summed E-state index contributed by atoms with van der Waals surface area (Å²) in [4.78, 5) is 26.1. The molecule has 138 valence electrons. The predicted octanol–water partition coefficient (Wildman–Crippen LogP) is 2.92. The summed E-state index contributed by atoms with van der Waals surface area (Å²) in [5.74, 6) is 0.742. The van der Waals surface area contributed by atoms with E-state index in [-0.39, 0.29) is 5.56 Å². The van der Waals surface area contributed by atoms with E-state index in [2.05, 4.69) is 35.1 Å². The van der Waals surface area contributed by atoms with Crippen molar-refractivity contribution in [2.24, 2.45) is 0 Å². The third-order valence-electron chi connectivity index (χ3n) is 4.70. The average molecular weight is 380 g/mol. The summed E-state index contributed by atoms with van der Waals surface area (Å²) in [6, 6.07) is 15.7. The van der Waals surface area contributed by atoms with Crippen LogP contribution in [0, 0.1) is 0 Å². The van der Waals surface area contributed by atoms with Crippen molar-refractivity contribution in [3.8, 4) is 0 Å². The molecular weight excluding hydrogens is 356 g/mol. The highest BCUT2D eigenvalue weighted by Crippen LogP contribution is 2.20. The molecule has 6 heteroatoms. The van der Waals surface area contributed by atoms with Gasteiger partial charge in [0.2, 0.25) is 0 Å². The summed E-state index contributed by atoms with van der Waals surface area (Å²) in [5, 5.41) is 1.77. The Balaban J connectivity index is 1.59. The van der Waals surface area contributed by atoms with Crippen LogP contribution in [-0.4, -0.2) is 21.5 Å². The van der Waals surface area contributed by atoms with Crippen molar-refractivity contribution in [2.45, 2.75) is 32.9 Å². The van der Waals surface area contributed by atoms with Crippen molar-refractivity contribution in [1.29, 1.82) is 0 Å². The summed E-state index contributed by atoms with van der Waals surface area (Å²) in [6.07, 6.45) is 2.28. The molecule has 5 nitrogen and oxygen atoms in total. The number of fused-ring (bicyclic) bond motifs is 2. The van der Waals surface area contributed by atoms with Crippen LogP contribution in [0.4, 0.5) is 0 Å². The number of nitrogens with zero attached hydrogens (tertiary/aromatic N) is 2. The largest absolute Gasteiger partial charge is 0.323 e.